The molecule has 0 spiro atoms. The quantitative estimate of drug-likeness (QED) is 0.222. The molecule has 4 aromatic carbocycles. The standard InChI is InChI=1S/C21H25.C7H6.C5H5.2ClH.Ti/c1-20(2,3)16-7-9-18-14(12-16)11-15-13-17(21(4,5)6)8-10-19(15)18;1-7-5-3-2-4-6-7;1-2-4-5-3-1;;;/h7-10,12H,11H2,1-6H3;1-6H;1-5H;2*1H;/q-1;;-1;;;+2/p-2. The van der Waals surface area contributed by atoms with Crippen molar-refractivity contribution < 1.29 is 44.8 Å². The molecule has 3 heteroatoms. The normalized spacial score (nSPS) is 11.2. The van der Waals surface area contributed by atoms with Crippen molar-refractivity contribution >= 4 is 4.31 Å². The van der Waals surface area contributed by atoms with Crippen LogP contribution in [0, 0.1) is 6.07 Å². The van der Waals surface area contributed by atoms with E-state index in [0.29, 0.717) is 0 Å². The van der Waals surface area contributed by atoms with Crippen LogP contribution in [-0.4, -0.2) is 4.31 Å². The number of hydrogen-bond donors (Lipinski definition) is 0. The van der Waals surface area contributed by atoms with Gasteiger partial charge >= 0.3 is 60.2 Å². The third-order valence-corrected chi connectivity index (χ3v) is 6.51. The minimum Gasteiger partial charge on any atom is -0.214 e. The summed E-state index contributed by atoms with van der Waals surface area (Å²) in [4.78, 5) is 0. The van der Waals surface area contributed by atoms with Gasteiger partial charge in [0.05, 0.1) is 0 Å². The molecule has 0 aliphatic heterocycles. The van der Waals surface area contributed by atoms with Crippen LogP contribution in [0.5, 0.6) is 0 Å². The van der Waals surface area contributed by atoms with Crippen molar-refractivity contribution in [1.29, 1.82) is 0 Å². The molecular weight excluding hydrogens is 515 g/mol. The van der Waals surface area contributed by atoms with Crippen LogP contribution in [0.1, 0.15) is 69.4 Å². The van der Waals surface area contributed by atoms with Gasteiger partial charge in [-0.3, -0.25) is 0 Å². The Morgan fingerprint density at radius 1 is 0.750 bits per heavy atom. The van der Waals surface area contributed by atoms with E-state index in [1.807, 2.05) is 68.5 Å². The second-order valence-corrected chi connectivity index (χ2v) is 11.3. The van der Waals surface area contributed by atoms with E-state index < -0.39 is 0 Å². The summed E-state index contributed by atoms with van der Waals surface area (Å²) in [6.07, 6.45) is 1.03. The number of fused-ring (bicyclic) bond motifs is 3. The summed E-state index contributed by atoms with van der Waals surface area (Å²) in [7, 11) is 0. The summed E-state index contributed by atoms with van der Waals surface area (Å²) in [5.74, 6) is 0. The molecule has 0 saturated carbocycles. The minimum atomic E-state index is 0. The Bertz CT molecular complexity index is 1120. The first kappa shape index (κ1) is 32.2. The van der Waals surface area contributed by atoms with Gasteiger partial charge in [-0.2, -0.15) is 42.0 Å². The molecule has 36 heavy (non-hydrogen) atoms. The van der Waals surface area contributed by atoms with Gasteiger partial charge in [0.15, 0.2) is 0 Å². The van der Waals surface area contributed by atoms with Crippen LogP contribution in [0.3, 0.4) is 0 Å². The summed E-state index contributed by atoms with van der Waals surface area (Å²) in [6, 6.07) is 35.4. The Balaban J connectivity index is 0.000000356. The van der Waals surface area contributed by atoms with Crippen molar-refractivity contribution in [1.82, 2.24) is 0 Å². The fourth-order valence-electron chi connectivity index (χ4n) is 3.90. The molecule has 0 heterocycles. The predicted octanol–water partition coefficient (Wildman–Crippen LogP) is 2.45. The molecule has 1 aliphatic rings. The molecule has 0 aromatic heterocycles. The van der Waals surface area contributed by atoms with Gasteiger partial charge in [0, 0.05) is 0 Å². The third kappa shape index (κ3) is 8.93. The zero-order chi connectivity index (χ0) is 24.8. The van der Waals surface area contributed by atoms with Crippen LogP contribution in [0.25, 0.3) is 11.1 Å². The zero-order valence-corrected chi connectivity index (χ0v) is 25.3. The maximum absolute atomic E-state index is 3.67. The maximum atomic E-state index is 3.67. The van der Waals surface area contributed by atoms with Gasteiger partial charge in [0.2, 0.25) is 0 Å². The molecule has 0 bridgehead atoms. The first-order valence-electron chi connectivity index (χ1n) is 12.0. The fraction of sp³-hybridized carbons (Fsp3) is 0.273. The van der Waals surface area contributed by atoms with E-state index in [2.05, 4.69) is 94.4 Å². The van der Waals surface area contributed by atoms with Crippen molar-refractivity contribution in [3.63, 3.8) is 0 Å². The number of hydrogen-bond acceptors (Lipinski definition) is 0. The van der Waals surface area contributed by atoms with Crippen LogP contribution in [0.15, 0.2) is 91.0 Å². The van der Waals surface area contributed by atoms with Crippen molar-refractivity contribution in [2.75, 3.05) is 0 Å². The average Bonchev–Trinajstić information content (AvgIpc) is 3.49. The van der Waals surface area contributed by atoms with Gasteiger partial charge < -0.3 is 24.8 Å². The summed E-state index contributed by atoms with van der Waals surface area (Å²) in [5, 5.41) is 0. The molecule has 0 unspecified atom stereocenters. The van der Waals surface area contributed by atoms with Gasteiger partial charge in [-0.15, -0.1) is 11.1 Å². The Kier molecular flexibility index (Phi) is 12.7. The van der Waals surface area contributed by atoms with E-state index >= 15 is 0 Å². The zero-order valence-electron chi connectivity index (χ0n) is 22.2. The van der Waals surface area contributed by atoms with E-state index in [1.165, 1.54) is 38.9 Å². The fourth-order valence-corrected chi connectivity index (χ4v) is 4.20. The molecule has 0 N–H and O–H groups in total. The SMILES string of the molecule is CC(C)(C)c1[c-]c2c(cc1)-c1ccc(C(C)(C)C)cc1C2.[Cl-].[Cl-].[Ti+2]=[CH]c1ccccc1.c1cc[cH-]c1. The van der Waals surface area contributed by atoms with Crippen molar-refractivity contribution in [3.8, 4) is 11.1 Å². The molecule has 5 rings (SSSR count). The van der Waals surface area contributed by atoms with Crippen LogP contribution in [0.4, 0.5) is 0 Å². The molecule has 0 atom stereocenters. The molecular formula is C33H36Cl2Ti-2. The smallest absolute Gasteiger partial charge is 0.172 e. The van der Waals surface area contributed by atoms with Crippen LogP contribution < -0.4 is 24.8 Å². The Labute approximate surface area is 242 Å². The van der Waals surface area contributed by atoms with Gasteiger partial charge in [-0.25, -0.2) is 12.1 Å². The molecule has 0 fully saturated rings. The first-order chi connectivity index (χ1) is 16.1. The molecule has 0 saturated heterocycles. The largest absolute Gasteiger partial charge is 0.214 e. The van der Waals surface area contributed by atoms with Gasteiger partial charge in [-0.1, -0.05) is 65.3 Å². The number of rotatable bonds is 1. The van der Waals surface area contributed by atoms with E-state index in [1.54, 1.807) is 0 Å². The Morgan fingerprint density at radius 3 is 1.83 bits per heavy atom. The summed E-state index contributed by atoms with van der Waals surface area (Å²) in [5.41, 5.74) is 9.99. The number of halogens is 2. The average molecular weight is 551 g/mol. The minimum absolute atomic E-state index is 0. The topological polar surface area (TPSA) is 0 Å². The van der Waals surface area contributed by atoms with Crippen molar-refractivity contribution in [2.24, 2.45) is 0 Å². The molecule has 4 aromatic rings. The Morgan fingerprint density at radius 2 is 1.36 bits per heavy atom. The van der Waals surface area contributed by atoms with Gasteiger partial charge in [0.1, 0.15) is 0 Å². The van der Waals surface area contributed by atoms with Crippen molar-refractivity contribution in [2.45, 2.75) is 58.8 Å². The van der Waals surface area contributed by atoms with Crippen LogP contribution in [-0.2, 0) is 37.2 Å². The maximum Gasteiger partial charge on any atom is -0.172 e. The summed E-state index contributed by atoms with van der Waals surface area (Å²) < 4.78 is 2.08. The van der Waals surface area contributed by atoms with E-state index in [9.17, 15) is 0 Å². The first-order valence-corrected chi connectivity index (χ1v) is 12.9. The molecule has 0 radical (unpaired) electrons. The van der Waals surface area contributed by atoms with Crippen LogP contribution >= 0.6 is 0 Å². The second kappa shape index (κ2) is 14.2. The third-order valence-electron chi connectivity index (χ3n) is 5.99. The molecule has 188 valence electrons. The second-order valence-electron chi connectivity index (χ2n) is 10.8. The summed E-state index contributed by atoms with van der Waals surface area (Å²) in [6.45, 7) is 13.6. The van der Waals surface area contributed by atoms with E-state index in [4.69, 9.17) is 0 Å². The van der Waals surface area contributed by atoms with Crippen LogP contribution in [0.2, 0.25) is 0 Å². The Hall–Kier alpha value is -1.83. The van der Waals surface area contributed by atoms with E-state index in [-0.39, 0.29) is 35.6 Å². The molecule has 0 amide bonds. The van der Waals surface area contributed by atoms with Gasteiger partial charge in [0.25, 0.3) is 0 Å². The molecule has 0 nitrogen and oxygen atoms in total. The summed E-state index contributed by atoms with van der Waals surface area (Å²) >= 11 is 2.04. The van der Waals surface area contributed by atoms with Gasteiger partial charge in [-0.05, 0) is 28.4 Å². The molecule has 1 aliphatic carbocycles. The van der Waals surface area contributed by atoms with Crippen molar-refractivity contribution in [3.05, 3.63) is 125 Å². The predicted molar refractivity (Wildman–Crippen MR) is 145 cm³/mol. The number of benzene rings is 3. The van der Waals surface area contributed by atoms with E-state index in [0.717, 1.165) is 6.42 Å². The monoisotopic (exact) mass is 550 g/mol.